The SMILES string of the molecule is CN1CCN(C2c3ccc(Cl)cc3C=C(CO)c3cccnc32)CC1.CN1CCN(C2c3ccc(Cl)cc3C=C(COS(C)(=O)=O)c3cccnc32)CC1. The van der Waals surface area contributed by atoms with Crippen LogP contribution < -0.4 is 0 Å². The molecule has 2 aromatic heterocycles. The van der Waals surface area contributed by atoms with Gasteiger partial charge in [-0.05, 0) is 96.0 Å². The lowest BCUT2D eigenvalue weighted by Crippen LogP contribution is -2.46. The van der Waals surface area contributed by atoms with Crippen molar-refractivity contribution in [3.8, 4) is 0 Å². The fourth-order valence-corrected chi connectivity index (χ4v) is 8.50. The van der Waals surface area contributed by atoms with Crippen LogP contribution in [0, 0.1) is 0 Å². The molecular formula is C41H46Cl2N6O4S. The van der Waals surface area contributed by atoms with E-state index in [1.165, 1.54) is 5.56 Å². The van der Waals surface area contributed by atoms with E-state index in [2.05, 4.69) is 58.0 Å². The number of hydrogen-bond donors (Lipinski definition) is 1. The van der Waals surface area contributed by atoms with Crippen LogP contribution in [0.3, 0.4) is 0 Å². The van der Waals surface area contributed by atoms with Gasteiger partial charge in [-0.1, -0.05) is 47.5 Å². The Labute approximate surface area is 328 Å². The Bertz CT molecular complexity index is 2160. The molecule has 0 amide bonds. The monoisotopic (exact) mass is 788 g/mol. The van der Waals surface area contributed by atoms with E-state index in [4.69, 9.17) is 37.4 Å². The Morgan fingerprint density at radius 1 is 0.704 bits per heavy atom. The number of fused-ring (bicyclic) bond motifs is 4. The fraction of sp³-hybridized carbons (Fsp3) is 0.366. The van der Waals surface area contributed by atoms with Gasteiger partial charge in [-0.25, -0.2) is 0 Å². The lowest BCUT2D eigenvalue weighted by atomic mass is 9.95. The molecule has 0 radical (unpaired) electrons. The standard InChI is InChI=1S/C21H24ClN3O3S.C20H22ClN3O/c1-24-8-10-25(11-9-24)21-19-6-5-17(22)13-15(19)12-16(14-28-29(2,26)27)18-4-3-7-23-20(18)21;1-23-7-9-24(10-8-23)20-18-5-4-16(21)12-14(18)11-15(13-25)17-3-2-6-22-19(17)20/h3-7,12-13,21H,8-11,14H2,1-2H3;2-6,11-12,20,25H,7-10,13H2,1H3. The van der Waals surface area contributed by atoms with Gasteiger partial charge in [0.2, 0.25) is 0 Å². The molecule has 4 aromatic rings. The first kappa shape index (κ1) is 38.8. The van der Waals surface area contributed by atoms with E-state index in [1.807, 2.05) is 54.7 Å². The highest BCUT2D eigenvalue weighted by Crippen LogP contribution is 2.41. The molecular weight excluding hydrogens is 743 g/mol. The van der Waals surface area contributed by atoms with Gasteiger partial charge in [-0.3, -0.25) is 24.0 Å². The van der Waals surface area contributed by atoms with Crippen molar-refractivity contribution in [2.45, 2.75) is 12.1 Å². The van der Waals surface area contributed by atoms with Crippen molar-refractivity contribution in [1.29, 1.82) is 0 Å². The molecule has 8 rings (SSSR count). The molecule has 2 aliphatic heterocycles. The quantitative estimate of drug-likeness (QED) is 0.241. The molecule has 2 unspecified atom stereocenters. The van der Waals surface area contributed by atoms with Gasteiger partial charge >= 0.3 is 0 Å². The first-order valence-electron chi connectivity index (χ1n) is 18.2. The number of hydrogen-bond acceptors (Lipinski definition) is 10. The van der Waals surface area contributed by atoms with E-state index in [0.29, 0.717) is 10.0 Å². The fourth-order valence-electron chi connectivity index (χ4n) is 7.80. The van der Waals surface area contributed by atoms with Gasteiger partial charge < -0.3 is 14.9 Å². The van der Waals surface area contributed by atoms with Crippen LogP contribution in [0.25, 0.3) is 23.3 Å². The normalized spacial score (nSPS) is 20.9. The van der Waals surface area contributed by atoms with Gasteiger partial charge in [0.25, 0.3) is 10.1 Å². The van der Waals surface area contributed by atoms with Crippen molar-refractivity contribution >= 4 is 56.6 Å². The molecule has 4 aliphatic rings. The van der Waals surface area contributed by atoms with E-state index < -0.39 is 10.1 Å². The largest absolute Gasteiger partial charge is 0.392 e. The van der Waals surface area contributed by atoms with Crippen LogP contribution in [0.4, 0.5) is 0 Å². The summed E-state index contributed by atoms with van der Waals surface area (Å²) in [6.07, 6.45) is 8.72. The number of benzene rings is 2. The number of likely N-dealkylation sites (N-methyl/N-ethyl adjacent to an activating group) is 2. The van der Waals surface area contributed by atoms with Crippen molar-refractivity contribution < 1.29 is 17.7 Å². The van der Waals surface area contributed by atoms with Gasteiger partial charge in [0.05, 0.1) is 42.9 Å². The maximum atomic E-state index is 11.6. The van der Waals surface area contributed by atoms with Gasteiger partial charge in [0, 0.05) is 85.9 Å². The molecule has 13 heteroatoms. The van der Waals surface area contributed by atoms with Crippen molar-refractivity contribution in [2.75, 3.05) is 85.9 Å². The second-order valence-corrected chi connectivity index (χ2v) is 16.9. The van der Waals surface area contributed by atoms with Crippen LogP contribution in [0.2, 0.25) is 10.0 Å². The summed E-state index contributed by atoms with van der Waals surface area (Å²) in [6, 6.07) is 19.8. The summed E-state index contributed by atoms with van der Waals surface area (Å²) in [6.45, 7) is 7.84. The molecule has 0 spiro atoms. The highest BCUT2D eigenvalue weighted by atomic mass is 35.5. The van der Waals surface area contributed by atoms with Crippen LogP contribution in [0.5, 0.6) is 0 Å². The molecule has 2 saturated heterocycles. The molecule has 0 bridgehead atoms. The molecule has 54 heavy (non-hydrogen) atoms. The third kappa shape index (κ3) is 8.65. The molecule has 2 atom stereocenters. The molecule has 10 nitrogen and oxygen atoms in total. The minimum atomic E-state index is -3.57. The molecule has 284 valence electrons. The maximum Gasteiger partial charge on any atom is 0.264 e. The molecule has 1 N–H and O–H groups in total. The number of aliphatic hydroxyl groups excluding tert-OH is 1. The topological polar surface area (TPSA) is 102 Å². The molecule has 2 aliphatic carbocycles. The smallest absolute Gasteiger partial charge is 0.264 e. The first-order chi connectivity index (χ1) is 26.0. The third-order valence-electron chi connectivity index (χ3n) is 10.6. The third-order valence-corrected chi connectivity index (χ3v) is 11.7. The average molecular weight is 790 g/mol. The number of pyridine rings is 2. The lowest BCUT2D eigenvalue weighted by Gasteiger charge is -2.38. The summed E-state index contributed by atoms with van der Waals surface area (Å²) in [5.41, 5.74) is 9.90. The van der Waals surface area contributed by atoms with Crippen LogP contribution in [-0.2, 0) is 14.3 Å². The van der Waals surface area contributed by atoms with Gasteiger partial charge in [0.15, 0.2) is 0 Å². The Morgan fingerprint density at radius 3 is 1.59 bits per heavy atom. The van der Waals surface area contributed by atoms with E-state index in [-0.39, 0.29) is 25.3 Å². The zero-order valence-electron chi connectivity index (χ0n) is 30.8. The number of halogens is 2. The van der Waals surface area contributed by atoms with Crippen LogP contribution in [0.15, 0.2) is 73.1 Å². The van der Waals surface area contributed by atoms with Gasteiger partial charge in [-0.15, -0.1) is 0 Å². The van der Waals surface area contributed by atoms with Gasteiger partial charge in [-0.2, -0.15) is 8.42 Å². The number of rotatable bonds is 6. The summed E-state index contributed by atoms with van der Waals surface area (Å²) < 4.78 is 28.4. The van der Waals surface area contributed by atoms with E-state index in [1.54, 1.807) is 6.20 Å². The van der Waals surface area contributed by atoms with Crippen LogP contribution in [0.1, 0.15) is 56.9 Å². The molecule has 4 heterocycles. The molecule has 0 saturated carbocycles. The number of nitrogens with zero attached hydrogens (tertiary/aromatic N) is 6. The summed E-state index contributed by atoms with van der Waals surface area (Å²) in [5, 5.41) is 11.3. The minimum Gasteiger partial charge on any atom is -0.392 e. The Hall–Kier alpha value is -3.49. The number of aliphatic hydroxyl groups is 1. The van der Waals surface area contributed by atoms with Crippen molar-refractivity contribution in [2.24, 2.45) is 0 Å². The highest BCUT2D eigenvalue weighted by molar-refractivity contribution is 7.86. The zero-order valence-corrected chi connectivity index (χ0v) is 33.2. The Balaban J connectivity index is 0.000000168. The van der Waals surface area contributed by atoms with E-state index in [0.717, 1.165) is 109 Å². The summed E-state index contributed by atoms with van der Waals surface area (Å²) in [7, 11) is 0.727. The lowest BCUT2D eigenvalue weighted by molar-refractivity contribution is 0.125. The highest BCUT2D eigenvalue weighted by Gasteiger charge is 2.34. The minimum absolute atomic E-state index is 0.0138. The van der Waals surface area contributed by atoms with Crippen molar-refractivity contribution in [3.63, 3.8) is 0 Å². The van der Waals surface area contributed by atoms with E-state index >= 15 is 0 Å². The first-order valence-corrected chi connectivity index (χ1v) is 20.8. The van der Waals surface area contributed by atoms with Gasteiger partial charge in [0.1, 0.15) is 0 Å². The van der Waals surface area contributed by atoms with E-state index in [9.17, 15) is 13.5 Å². The summed E-state index contributed by atoms with van der Waals surface area (Å²) in [4.78, 5) is 19.1. The van der Waals surface area contributed by atoms with Crippen molar-refractivity contribution in [3.05, 3.63) is 128 Å². The van der Waals surface area contributed by atoms with Crippen molar-refractivity contribution in [1.82, 2.24) is 29.6 Å². The summed E-state index contributed by atoms with van der Waals surface area (Å²) >= 11 is 12.6. The Kier molecular flexibility index (Phi) is 12.0. The predicted molar refractivity (Wildman–Crippen MR) is 217 cm³/mol. The molecule has 2 fully saturated rings. The average Bonchev–Trinajstić information content (AvgIpc) is 3.38. The predicted octanol–water partition coefficient (Wildman–Crippen LogP) is 5.82. The molecule has 2 aromatic carbocycles. The Morgan fingerprint density at radius 2 is 1.15 bits per heavy atom. The second-order valence-electron chi connectivity index (χ2n) is 14.4. The van der Waals surface area contributed by atoms with Crippen LogP contribution >= 0.6 is 23.2 Å². The second kappa shape index (κ2) is 16.7. The number of piperazine rings is 2. The maximum absolute atomic E-state index is 11.6. The summed E-state index contributed by atoms with van der Waals surface area (Å²) in [5.74, 6) is 0. The number of aromatic nitrogens is 2. The zero-order chi connectivity index (χ0) is 38.0. The van der Waals surface area contributed by atoms with Crippen LogP contribution in [-0.4, -0.2) is 129 Å².